The third-order valence-electron chi connectivity index (χ3n) is 2.30. The van der Waals surface area contributed by atoms with Gasteiger partial charge in [-0.2, -0.15) is 0 Å². The Kier molecular flexibility index (Phi) is 1.94. The zero-order valence-corrected chi connectivity index (χ0v) is 9.01. The summed E-state index contributed by atoms with van der Waals surface area (Å²) < 4.78 is 13.0. The van der Waals surface area contributed by atoms with Gasteiger partial charge >= 0.3 is 0 Å². The molecule has 2 aromatic heterocycles. The van der Waals surface area contributed by atoms with Gasteiger partial charge in [-0.3, -0.25) is 0 Å². The van der Waals surface area contributed by atoms with Crippen molar-refractivity contribution in [2.24, 2.45) is 0 Å². The first-order valence-electron chi connectivity index (χ1n) is 4.73. The minimum atomic E-state index is -0.270. The predicted octanol–water partition coefficient (Wildman–Crippen LogP) is 3.01. The standard InChI is InChI=1S/C11H8FN3S/c12-6-1-2-7-8(5-6)15-11(14-7)9-3-4-10(13)16-9/h1-5H,13H2,(H,14,15). The molecule has 0 aliphatic carbocycles. The van der Waals surface area contributed by atoms with E-state index in [0.29, 0.717) is 5.52 Å². The van der Waals surface area contributed by atoms with Crippen molar-refractivity contribution >= 4 is 27.4 Å². The van der Waals surface area contributed by atoms with Gasteiger partial charge in [-0.15, -0.1) is 11.3 Å². The van der Waals surface area contributed by atoms with E-state index < -0.39 is 0 Å². The fourth-order valence-electron chi connectivity index (χ4n) is 1.58. The van der Waals surface area contributed by atoms with E-state index in [9.17, 15) is 4.39 Å². The van der Waals surface area contributed by atoms with Crippen LogP contribution in [0.3, 0.4) is 0 Å². The van der Waals surface area contributed by atoms with E-state index >= 15 is 0 Å². The molecule has 3 nitrogen and oxygen atoms in total. The average Bonchev–Trinajstić information content (AvgIpc) is 2.83. The fourth-order valence-corrected chi connectivity index (χ4v) is 2.30. The van der Waals surface area contributed by atoms with E-state index in [1.165, 1.54) is 23.5 Å². The summed E-state index contributed by atoms with van der Waals surface area (Å²) in [5.41, 5.74) is 7.10. The van der Waals surface area contributed by atoms with Gasteiger partial charge in [0.25, 0.3) is 0 Å². The molecule has 16 heavy (non-hydrogen) atoms. The molecule has 0 saturated heterocycles. The van der Waals surface area contributed by atoms with E-state index in [1.54, 1.807) is 6.07 Å². The molecule has 0 atom stereocenters. The van der Waals surface area contributed by atoms with Crippen LogP contribution < -0.4 is 5.73 Å². The number of nitrogen functional groups attached to an aromatic ring is 1. The maximum atomic E-state index is 13.0. The van der Waals surface area contributed by atoms with Gasteiger partial charge in [0, 0.05) is 0 Å². The molecule has 2 heterocycles. The molecular weight excluding hydrogens is 225 g/mol. The van der Waals surface area contributed by atoms with Crippen molar-refractivity contribution in [3.63, 3.8) is 0 Å². The first-order valence-corrected chi connectivity index (χ1v) is 5.55. The van der Waals surface area contributed by atoms with Gasteiger partial charge in [0.15, 0.2) is 0 Å². The number of nitrogens with zero attached hydrogens (tertiary/aromatic N) is 1. The minimum absolute atomic E-state index is 0.270. The van der Waals surface area contributed by atoms with Gasteiger partial charge in [0.1, 0.15) is 11.6 Å². The third-order valence-corrected chi connectivity index (χ3v) is 3.23. The van der Waals surface area contributed by atoms with Crippen LogP contribution in [0, 0.1) is 5.82 Å². The van der Waals surface area contributed by atoms with Crippen LogP contribution in [-0.4, -0.2) is 9.97 Å². The summed E-state index contributed by atoms with van der Waals surface area (Å²) in [7, 11) is 0. The average molecular weight is 233 g/mol. The molecule has 0 spiro atoms. The molecule has 3 aromatic rings. The number of H-pyrrole nitrogens is 1. The van der Waals surface area contributed by atoms with Crippen molar-refractivity contribution in [1.29, 1.82) is 0 Å². The Balaban J connectivity index is 2.18. The molecule has 0 aliphatic rings. The van der Waals surface area contributed by atoms with Crippen LogP contribution in [0.15, 0.2) is 30.3 Å². The van der Waals surface area contributed by atoms with Crippen LogP contribution in [-0.2, 0) is 0 Å². The number of thiophene rings is 1. The first-order chi connectivity index (χ1) is 7.72. The largest absolute Gasteiger partial charge is 0.391 e. The molecule has 0 amide bonds. The second-order valence-corrected chi connectivity index (χ2v) is 4.56. The monoisotopic (exact) mass is 233 g/mol. The number of imidazole rings is 1. The van der Waals surface area contributed by atoms with Crippen LogP contribution >= 0.6 is 11.3 Å². The first kappa shape index (κ1) is 9.35. The maximum Gasteiger partial charge on any atom is 0.148 e. The fraction of sp³-hybridized carbons (Fsp3) is 0. The molecule has 0 fully saturated rings. The number of nitrogens with two attached hydrogens (primary N) is 1. The highest BCUT2D eigenvalue weighted by Gasteiger charge is 2.07. The van der Waals surface area contributed by atoms with Crippen molar-refractivity contribution in [1.82, 2.24) is 9.97 Å². The van der Waals surface area contributed by atoms with Gasteiger partial charge in [-0.25, -0.2) is 9.37 Å². The van der Waals surface area contributed by atoms with Gasteiger partial charge < -0.3 is 10.7 Å². The Morgan fingerprint density at radius 2 is 2.12 bits per heavy atom. The van der Waals surface area contributed by atoms with Crippen LogP contribution in [0.5, 0.6) is 0 Å². The number of nitrogens with one attached hydrogen (secondary N) is 1. The van der Waals surface area contributed by atoms with Crippen LogP contribution in [0.1, 0.15) is 0 Å². The lowest BCUT2D eigenvalue weighted by Gasteiger charge is -1.87. The van der Waals surface area contributed by atoms with Gasteiger partial charge in [-0.05, 0) is 30.3 Å². The molecule has 0 bridgehead atoms. The number of benzene rings is 1. The summed E-state index contributed by atoms with van der Waals surface area (Å²) in [4.78, 5) is 8.39. The Bertz CT molecular complexity index is 656. The number of rotatable bonds is 1. The quantitative estimate of drug-likeness (QED) is 0.678. The van der Waals surface area contributed by atoms with Gasteiger partial charge in [0.05, 0.1) is 20.9 Å². The Hall–Kier alpha value is -1.88. The molecule has 0 radical (unpaired) electrons. The minimum Gasteiger partial charge on any atom is -0.391 e. The van der Waals surface area contributed by atoms with Crippen molar-refractivity contribution in [3.05, 3.63) is 36.1 Å². The topological polar surface area (TPSA) is 54.7 Å². The second-order valence-electron chi connectivity index (χ2n) is 3.45. The summed E-state index contributed by atoms with van der Waals surface area (Å²) in [6.45, 7) is 0. The summed E-state index contributed by atoms with van der Waals surface area (Å²) in [6, 6.07) is 8.21. The Labute approximate surface area is 94.7 Å². The van der Waals surface area contributed by atoms with Crippen molar-refractivity contribution in [2.45, 2.75) is 0 Å². The lowest BCUT2D eigenvalue weighted by Crippen LogP contribution is -1.74. The predicted molar refractivity (Wildman–Crippen MR) is 63.8 cm³/mol. The molecule has 5 heteroatoms. The molecule has 0 unspecified atom stereocenters. The van der Waals surface area contributed by atoms with E-state index in [1.807, 2.05) is 12.1 Å². The van der Waals surface area contributed by atoms with Crippen molar-refractivity contribution in [2.75, 3.05) is 5.73 Å². The SMILES string of the molecule is Nc1ccc(-c2nc3ccc(F)cc3[nH]2)s1. The highest BCUT2D eigenvalue weighted by atomic mass is 32.1. The van der Waals surface area contributed by atoms with Crippen LogP contribution in [0.2, 0.25) is 0 Å². The molecule has 3 N–H and O–H groups in total. The van der Waals surface area contributed by atoms with E-state index in [-0.39, 0.29) is 5.82 Å². The summed E-state index contributed by atoms with van der Waals surface area (Å²) >= 11 is 1.45. The highest BCUT2D eigenvalue weighted by Crippen LogP contribution is 2.28. The third kappa shape index (κ3) is 1.45. The van der Waals surface area contributed by atoms with Crippen LogP contribution in [0.4, 0.5) is 9.39 Å². The number of anilines is 1. The maximum absolute atomic E-state index is 13.0. The van der Waals surface area contributed by atoms with E-state index in [4.69, 9.17) is 5.73 Å². The van der Waals surface area contributed by atoms with Gasteiger partial charge in [0.2, 0.25) is 0 Å². The molecule has 1 aromatic carbocycles. The van der Waals surface area contributed by atoms with Crippen molar-refractivity contribution in [3.8, 4) is 10.7 Å². The van der Waals surface area contributed by atoms with E-state index in [0.717, 1.165) is 21.2 Å². The number of aromatic amines is 1. The molecular formula is C11H8FN3S. The lowest BCUT2D eigenvalue weighted by molar-refractivity contribution is 0.629. The zero-order valence-electron chi connectivity index (χ0n) is 8.20. The number of halogens is 1. The highest BCUT2D eigenvalue weighted by molar-refractivity contribution is 7.19. The Morgan fingerprint density at radius 1 is 1.25 bits per heavy atom. The number of hydrogen-bond acceptors (Lipinski definition) is 3. The molecule has 80 valence electrons. The summed E-state index contributed by atoms with van der Waals surface area (Å²) in [5, 5.41) is 0.738. The second kappa shape index (κ2) is 3.31. The smallest absolute Gasteiger partial charge is 0.148 e. The van der Waals surface area contributed by atoms with E-state index in [2.05, 4.69) is 9.97 Å². The van der Waals surface area contributed by atoms with Crippen LogP contribution in [0.25, 0.3) is 21.7 Å². The number of aromatic nitrogens is 2. The lowest BCUT2D eigenvalue weighted by atomic mass is 10.3. The molecule has 0 aliphatic heterocycles. The molecule has 0 saturated carbocycles. The normalized spacial score (nSPS) is 11.1. The summed E-state index contributed by atoms with van der Waals surface area (Å²) in [5.74, 6) is 0.454. The number of fused-ring (bicyclic) bond motifs is 1. The zero-order chi connectivity index (χ0) is 11.1. The number of hydrogen-bond donors (Lipinski definition) is 2. The summed E-state index contributed by atoms with van der Waals surface area (Å²) in [6.07, 6.45) is 0. The van der Waals surface area contributed by atoms with Gasteiger partial charge in [-0.1, -0.05) is 0 Å². The Morgan fingerprint density at radius 3 is 2.88 bits per heavy atom. The molecule has 3 rings (SSSR count). The van der Waals surface area contributed by atoms with Crippen molar-refractivity contribution < 1.29 is 4.39 Å².